The molecule has 0 spiro atoms. The molecule has 5 nitrogen and oxygen atoms in total. The number of pyridine rings is 1. The van der Waals surface area contributed by atoms with E-state index < -0.39 is 10.0 Å². The van der Waals surface area contributed by atoms with Gasteiger partial charge < -0.3 is 0 Å². The highest BCUT2D eigenvalue weighted by atomic mass is 32.2. The lowest BCUT2D eigenvalue weighted by molar-refractivity contribution is 0.265. The van der Waals surface area contributed by atoms with Gasteiger partial charge in [-0.05, 0) is 56.6 Å². The molecule has 0 saturated heterocycles. The van der Waals surface area contributed by atoms with Gasteiger partial charge in [-0.3, -0.25) is 9.88 Å². The first-order valence-corrected chi connectivity index (χ1v) is 10.9. The van der Waals surface area contributed by atoms with E-state index in [0.29, 0.717) is 11.6 Å². The lowest BCUT2D eigenvalue weighted by Crippen LogP contribution is -2.28. The number of nitrogens with zero attached hydrogens (tertiary/aromatic N) is 2. The summed E-state index contributed by atoms with van der Waals surface area (Å²) in [6.07, 6.45) is 1.69. The van der Waals surface area contributed by atoms with Crippen LogP contribution < -0.4 is 4.72 Å². The van der Waals surface area contributed by atoms with Gasteiger partial charge in [-0.1, -0.05) is 36.4 Å². The predicted octanol–water partition coefficient (Wildman–Crippen LogP) is 3.86. The van der Waals surface area contributed by atoms with Gasteiger partial charge in [0, 0.05) is 30.7 Å². The minimum atomic E-state index is -3.69. The first kappa shape index (κ1) is 20.5. The Morgan fingerprint density at radius 2 is 1.79 bits per heavy atom. The van der Waals surface area contributed by atoms with Gasteiger partial charge in [0.25, 0.3) is 0 Å². The van der Waals surface area contributed by atoms with E-state index in [0.717, 1.165) is 28.6 Å². The Morgan fingerprint density at radius 1 is 1.07 bits per heavy atom. The summed E-state index contributed by atoms with van der Waals surface area (Å²) < 4.78 is 28.7. The third-order valence-corrected chi connectivity index (χ3v) is 6.41. The van der Waals surface area contributed by atoms with Crippen molar-refractivity contribution in [1.82, 2.24) is 14.6 Å². The van der Waals surface area contributed by atoms with Crippen molar-refractivity contribution in [2.24, 2.45) is 0 Å². The van der Waals surface area contributed by atoms with Gasteiger partial charge in [0.15, 0.2) is 0 Å². The number of aromatic nitrogens is 1. The molecule has 1 aromatic heterocycles. The van der Waals surface area contributed by atoms with Gasteiger partial charge in [-0.15, -0.1) is 0 Å². The SMILES string of the molecule is Cc1cnc2c(S(=O)(=O)NCc3ccccc3CN(C)C(C)C)cccc2c1. The smallest absolute Gasteiger partial charge is 0.243 e. The molecule has 0 saturated carbocycles. The number of benzene rings is 2. The molecule has 3 rings (SSSR count). The second-order valence-electron chi connectivity index (χ2n) is 7.44. The van der Waals surface area contributed by atoms with Crippen LogP contribution in [0.2, 0.25) is 0 Å². The molecule has 0 aliphatic heterocycles. The molecule has 0 amide bonds. The Hall–Kier alpha value is -2.28. The number of fused-ring (bicyclic) bond motifs is 1. The predicted molar refractivity (Wildman–Crippen MR) is 114 cm³/mol. The molecule has 1 N–H and O–H groups in total. The minimum Gasteiger partial charge on any atom is -0.300 e. The zero-order valence-corrected chi connectivity index (χ0v) is 17.6. The molecule has 0 unspecified atom stereocenters. The van der Waals surface area contributed by atoms with Gasteiger partial charge in [0.05, 0.1) is 5.52 Å². The zero-order chi connectivity index (χ0) is 20.3. The van der Waals surface area contributed by atoms with Crippen LogP contribution in [0.3, 0.4) is 0 Å². The Bertz CT molecular complexity index is 1080. The largest absolute Gasteiger partial charge is 0.300 e. The molecule has 0 aliphatic carbocycles. The van der Waals surface area contributed by atoms with Crippen molar-refractivity contribution in [2.75, 3.05) is 7.05 Å². The highest BCUT2D eigenvalue weighted by Crippen LogP contribution is 2.22. The summed E-state index contributed by atoms with van der Waals surface area (Å²) in [5.74, 6) is 0. The summed E-state index contributed by atoms with van der Waals surface area (Å²) in [4.78, 5) is 6.79. The van der Waals surface area contributed by atoms with Crippen molar-refractivity contribution in [2.45, 2.75) is 44.8 Å². The monoisotopic (exact) mass is 397 g/mol. The van der Waals surface area contributed by atoms with Gasteiger partial charge >= 0.3 is 0 Å². The van der Waals surface area contributed by atoms with Crippen LogP contribution in [0.25, 0.3) is 10.9 Å². The molecule has 0 radical (unpaired) electrons. The van der Waals surface area contributed by atoms with Crippen LogP contribution >= 0.6 is 0 Å². The molecule has 28 heavy (non-hydrogen) atoms. The minimum absolute atomic E-state index is 0.210. The van der Waals surface area contributed by atoms with Crippen LogP contribution in [0, 0.1) is 6.92 Å². The Morgan fingerprint density at radius 3 is 2.50 bits per heavy atom. The molecule has 148 valence electrons. The number of rotatable bonds is 7. The van der Waals surface area contributed by atoms with Crippen LogP contribution in [0.1, 0.15) is 30.5 Å². The van der Waals surface area contributed by atoms with Crippen LogP contribution in [0.5, 0.6) is 0 Å². The van der Waals surface area contributed by atoms with Crippen LogP contribution in [0.15, 0.2) is 59.6 Å². The van der Waals surface area contributed by atoms with E-state index >= 15 is 0 Å². The Labute approximate surface area is 167 Å². The first-order valence-electron chi connectivity index (χ1n) is 9.40. The topological polar surface area (TPSA) is 62.3 Å². The van der Waals surface area contributed by atoms with E-state index in [1.54, 1.807) is 18.3 Å². The molecule has 0 atom stereocenters. The van der Waals surface area contributed by atoms with E-state index in [9.17, 15) is 8.42 Å². The summed E-state index contributed by atoms with van der Waals surface area (Å²) in [7, 11) is -1.62. The molecule has 0 fully saturated rings. The van der Waals surface area contributed by atoms with Crippen molar-refractivity contribution < 1.29 is 8.42 Å². The fourth-order valence-corrected chi connectivity index (χ4v) is 4.23. The number of para-hydroxylation sites is 1. The summed E-state index contributed by atoms with van der Waals surface area (Å²) in [6.45, 7) is 7.23. The first-order chi connectivity index (χ1) is 13.3. The van der Waals surface area contributed by atoms with Gasteiger partial charge in [-0.25, -0.2) is 13.1 Å². The van der Waals surface area contributed by atoms with E-state index in [-0.39, 0.29) is 11.4 Å². The molecular weight excluding hydrogens is 370 g/mol. The molecule has 2 aromatic carbocycles. The number of hydrogen-bond acceptors (Lipinski definition) is 4. The van der Waals surface area contributed by atoms with E-state index in [1.807, 2.05) is 43.3 Å². The Kier molecular flexibility index (Phi) is 6.13. The number of hydrogen-bond donors (Lipinski definition) is 1. The summed E-state index contributed by atoms with van der Waals surface area (Å²) >= 11 is 0. The second kappa shape index (κ2) is 8.39. The summed E-state index contributed by atoms with van der Waals surface area (Å²) in [5, 5.41) is 0.821. The molecule has 6 heteroatoms. The fraction of sp³-hybridized carbons (Fsp3) is 0.318. The van der Waals surface area contributed by atoms with Gasteiger partial charge in [0.2, 0.25) is 10.0 Å². The summed E-state index contributed by atoms with van der Waals surface area (Å²) in [5.41, 5.74) is 3.59. The van der Waals surface area contributed by atoms with Gasteiger partial charge in [0.1, 0.15) is 4.90 Å². The van der Waals surface area contributed by atoms with E-state index in [2.05, 4.69) is 35.5 Å². The second-order valence-corrected chi connectivity index (χ2v) is 9.18. The summed E-state index contributed by atoms with van der Waals surface area (Å²) in [6, 6.07) is 15.5. The lowest BCUT2D eigenvalue weighted by Gasteiger charge is -2.22. The average molecular weight is 398 g/mol. The fourth-order valence-electron chi connectivity index (χ4n) is 3.05. The highest BCUT2D eigenvalue weighted by Gasteiger charge is 2.19. The molecule has 1 heterocycles. The normalized spacial score (nSPS) is 12.2. The van der Waals surface area contributed by atoms with Crippen LogP contribution in [0.4, 0.5) is 0 Å². The lowest BCUT2D eigenvalue weighted by atomic mass is 10.1. The maximum absolute atomic E-state index is 13.0. The Balaban J connectivity index is 1.86. The number of aryl methyl sites for hydroxylation is 1. The van der Waals surface area contributed by atoms with Crippen LogP contribution in [-0.2, 0) is 23.1 Å². The van der Waals surface area contributed by atoms with Crippen LogP contribution in [-0.4, -0.2) is 31.4 Å². The van der Waals surface area contributed by atoms with Crippen molar-refractivity contribution in [1.29, 1.82) is 0 Å². The molecule has 0 aliphatic rings. The average Bonchev–Trinajstić information content (AvgIpc) is 2.66. The highest BCUT2D eigenvalue weighted by molar-refractivity contribution is 7.89. The molecule has 0 bridgehead atoms. The number of nitrogens with one attached hydrogen (secondary N) is 1. The zero-order valence-electron chi connectivity index (χ0n) is 16.8. The standard InChI is InChI=1S/C22H27N3O2S/c1-16(2)25(4)15-20-9-6-5-8-19(20)14-24-28(26,27)21-11-7-10-18-12-17(3)13-23-22(18)21/h5-13,16,24H,14-15H2,1-4H3. The van der Waals surface area contributed by atoms with Crippen molar-refractivity contribution in [3.63, 3.8) is 0 Å². The maximum atomic E-state index is 13.0. The third-order valence-electron chi connectivity index (χ3n) is 4.97. The van der Waals surface area contributed by atoms with Gasteiger partial charge in [-0.2, -0.15) is 0 Å². The third kappa shape index (κ3) is 4.58. The van der Waals surface area contributed by atoms with E-state index in [4.69, 9.17) is 0 Å². The molecule has 3 aromatic rings. The van der Waals surface area contributed by atoms with Crippen molar-refractivity contribution in [3.05, 3.63) is 71.4 Å². The van der Waals surface area contributed by atoms with Crippen molar-refractivity contribution in [3.8, 4) is 0 Å². The van der Waals surface area contributed by atoms with E-state index in [1.165, 1.54) is 0 Å². The number of sulfonamides is 1. The van der Waals surface area contributed by atoms with Crippen molar-refractivity contribution >= 4 is 20.9 Å². The maximum Gasteiger partial charge on any atom is 0.243 e. The quantitative estimate of drug-likeness (QED) is 0.658. The molecular formula is C22H27N3O2S.